The number of rotatable bonds is 5. The average molecular weight is 447 g/mol. The Balaban J connectivity index is 1.58. The molecular formula is C21H23BrN2O2S. The summed E-state index contributed by atoms with van der Waals surface area (Å²) < 4.78 is 6.85. The highest BCUT2D eigenvalue weighted by atomic mass is 79.9. The summed E-state index contributed by atoms with van der Waals surface area (Å²) in [4.78, 5) is 20.0. The molecule has 4 nitrogen and oxygen atoms in total. The first-order valence-electron chi connectivity index (χ1n) is 9.50. The van der Waals surface area contributed by atoms with Gasteiger partial charge in [-0.1, -0.05) is 40.2 Å². The predicted molar refractivity (Wildman–Crippen MR) is 113 cm³/mol. The molecule has 1 aliphatic heterocycles. The summed E-state index contributed by atoms with van der Waals surface area (Å²) in [5, 5.41) is 2.82. The van der Waals surface area contributed by atoms with Gasteiger partial charge in [-0.2, -0.15) is 0 Å². The highest BCUT2D eigenvalue weighted by Gasteiger charge is 2.30. The first kappa shape index (κ1) is 18.8. The van der Waals surface area contributed by atoms with Crippen LogP contribution in [0.2, 0.25) is 0 Å². The second kappa shape index (κ2) is 8.67. The summed E-state index contributed by atoms with van der Waals surface area (Å²) in [6, 6.07) is 8.11. The first-order valence-corrected chi connectivity index (χ1v) is 11.2. The zero-order chi connectivity index (χ0) is 18.6. The van der Waals surface area contributed by atoms with Crippen LogP contribution in [0.3, 0.4) is 0 Å². The number of nitrogens with zero attached hydrogens (tertiary/aromatic N) is 2. The third-order valence-electron chi connectivity index (χ3n) is 5.16. The molecule has 0 bridgehead atoms. The van der Waals surface area contributed by atoms with Gasteiger partial charge in [0, 0.05) is 27.9 Å². The number of amides is 1. The van der Waals surface area contributed by atoms with E-state index >= 15 is 0 Å². The fourth-order valence-electron chi connectivity index (χ4n) is 3.63. The van der Waals surface area contributed by atoms with E-state index in [1.807, 2.05) is 34.5 Å². The molecule has 0 saturated carbocycles. The van der Waals surface area contributed by atoms with Gasteiger partial charge in [-0.3, -0.25) is 9.69 Å². The molecule has 1 aliphatic carbocycles. The molecule has 4 rings (SSSR count). The monoisotopic (exact) mass is 446 g/mol. The Labute approximate surface area is 172 Å². The number of thiazole rings is 1. The molecule has 1 saturated heterocycles. The third-order valence-corrected chi connectivity index (χ3v) is 6.55. The number of hydrogen-bond donors (Lipinski definition) is 0. The summed E-state index contributed by atoms with van der Waals surface area (Å²) in [6.45, 7) is 1.40. The van der Waals surface area contributed by atoms with E-state index in [4.69, 9.17) is 9.72 Å². The van der Waals surface area contributed by atoms with Gasteiger partial charge in [0.15, 0.2) is 5.13 Å². The highest BCUT2D eigenvalue weighted by Crippen LogP contribution is 2.32. The van der Waals surface area contributed by atoms with Crippen LogP contribution in [0.25, 0.3) is 11.3 Å². The van der Waals surface area contributed by atoms with Crippen molar-refractivity contribution in [3.05, 3.63) is 46.3 Å². The molecule has 2 heterocycles. The van der Waals surface area contributed by atoms with Gasteiger partial charge in [0.25, 0.3) is 0 Å². The van der Waals surface area contributed by atoms with Crippen molar-refractivity contribution in [1.82, 2.24) is 4.98 Å². The number of allylic oxidation sites excluding steroid dienone is 2. The fraction of sp³-hybridized carbons (Fsp3) is 0.429. The predicted octanol–water partition coefficient (Wildman–Crippen LogP) is 5.44. The topological polar surface area (TPSA) is 42.4 Å². The molecule has 2 aliphatic rings. The quantitative estimate of drug-likeness (QED) is 0.574. The molecule has 6 heteroatoms. The molecule has 0 N–H and O–H groups in total. The van der Waals surface area contributed by atoms with Crippen molar-refractivity contribution in [3.63, 3.8) is 0 Å². The molecule has 2 atom stereocenters. The second-order valence-corrected chi connectivity index (χ2v) is 8.84. The van der Waals surface area contributed by atoms with Gasteiger partial charge in [0.1, 0.15) is 0 Å². The van der Waals surface area contributed by atoms with Gasteiger partial charge >= 0.3 is 0 Å². The number of halogens is 1. The summed E-state index contributed by atoms with van der Waals surface area (Å²) in [5.41, 5.74) is 1.97. The molecule has 2 aromatic rings. The van der Waals surface area contributed by atoms with Crippen LogP contribution in [0.5, 0.6) is 0 Å². The van der Waals surface area contributed by atoms with Gasteiger partial charge < -0.3 is 4.74 Å². The molecule has 1 fully saturated rings. The number of carbonyl (C=O) groups is 1. The SMILES string of the molecule is O=C([C@@H]1CC=CCC1)N(C[C@@H]1CCCO1)c1nc(-c2ccc(Br)cc2)cs1. The largest absolute Gasteiger partial charge is 0.376 e. The zero-order valence-corrected chi connectivity index (χ0v) is 17.5. The molecule has 1 amide bonds. The van der Waals surface area contributed by atoms with Gasteiger partial charge in [0.2, 0.25) is 5.91 Å². The molecule has 1 aromatic heterocycles. The van der Waals surface area contributed by atoms with E-state index in [1.165, 1.54) is 0 Å². The van der Waals surface area contributed by atoms with E-state index in [9.17, 15) is 4.79 Å². The third kappa shape index (κ3) is 4.50. The van der Waals surface area contributed by atoms with Crippen molar-refractivity contribution in [2.24, 2.45) is 5.92 Å². The molecule has 27 heavy (non-hydrogen) atoms. The number of anilines is 1. The van der Waals surface area contributed by atoms with Crippen LogP contribution in [0.4, 0.5) is 5.13 Å². The minimum absolute atomic E-state index is 0.0523. The standard InChI is InChI=1S/C21H23BrN2O2S/c22-17-10-8-15(9-11-17)19-14-27-21(23-19)24(13-18-7-4-12-26-18)20(25)16-5-2-1-3-6-16/h1-2,8-11,14,16,18H,3-7,12-13H2/t16-,18+/m1/s1. The number of benzene rings is 1. The van der Waals surface area contributed by atoms with Crippen molar-refractivity contribution < 1.29 is 9.53 Å². The Morgan fingerprint density at radius 2 is 2.11 bits per heavy atom. The summed E-state index contributed by atoms with van der Waals surface area (Å²) in [5.74, 6) is 0.239. The fourth-order valence-corrected chi connectivity index (χ4v) is 4.75. The molecule has 1 aromatic carbocycles. The van der Waals surface area contributed by atoms with Crippen LogP contribution in [0.1, 0.15) is 32.1 Å². The Bertz CT molecular complexity index is 812. The van der Waals surface area contributed by atoms with Crippen molar-refractivity contribution in [2.45, 2.75) is 38.2 Å². The summed E-state index contributed by atoms with van der Waals surface area (Å²) >= 11 is 5.01. The van der Waals surface area contributed by atoms with E-state index in [2.05, 4.69) is 28.1 Å². The molecule has 0 unspecified atom stereocenters. The lowest BCUT2D eigenvalue weighted by molar-refractivity contribution is -0.123. The lowest BCUT2D eigenvalue weighted by Gasteiger charge is -2.28. The van der Waals surface area contributed by atoms with E-state index in [-0.39, 0.29) is 17.9 Å². The van der Waals surface area contributed by atoms with Crippen LogP contribution in [-0.4, -0.2) is 30.1 Å². The van der Waals surface area contributed by atoms with Crippen molar-refractivity contribution in [2.75, 3.05) is 18.1 Å². The number of ether oxygens (including phenoxy) is 1. The van der Waals surface area contributed by atoms with Gasteiger partial charge in [0.05, 0.1) is 18.3 Å². The number of hydrogen-bond acceptors (Lipinski definition) is 4. The molecule has 142 valence electrons. The van der Waals surface area contributed by atoms with Crippen LogP contribution >= 0.6 is 27.3 Å². The van der Waals surface area contributed by atoms with E-state index in [0.717, 1.165) is 59.6 Å². The highest BCUT2D eigenvalue weighted by molar-refractivity contribution is 9.10. The van der Waals surface area contributed by atoms with Crippen LogP contribution < -0.4 is 4.90 Å². The zero-order valence-electron chi connectivity index (χ0n) is 15.1. The lowest BCUT2D eigenvalue weighted by Crippen LogP contribution is -2.41. The molecule has 0 spiro atoms. The minimum atomic E-state index is 0.0523. The maximum absolute atomic E-state index is 13.3. The van der Waals surface area contributed by atoms with Gasteiger partial charge in [-0.25, -0.2) is 4.98 Å². The Hall–Kier alpha value is -1.50. The second-order valence-electron chi connectivity index (χ2n) is 7.09. The molecular weight excluding hydrogens is 424 g/mol. The smallest absolute Gasteiger partial charge is 0.232 e. The first-order chi connectivity index (χ1) is 13.2. The van der Waals surface area contributed by atoms with E-state index < -0.39 is 0 Å². The average Bonchev–Trinajstić information content (AvgIpc) is 3.39. The Kier molecular flexibility index (Phi) is 6.05. The van der Waals surface area contributed by atoms with Crippen molar-refractivity contribution in [1.29, 1.82) is 0 Å². The number of carbonyl (C=O) groups excluding carboxylic acids is 1. The Morgan fingerprint density at radius 3 is 2.81 bits per heavy atom. The Morgan fingerprint density at radius 1 is 1.26 bits per heavy atom. The summed E-state index contributed by atoms with van der Waals surface area (Å²) in [6.07, 6.45) is 9.22. The maximum atomic E-state index is 13.3. The van der Waals surface area contributed by atoms with E-state index in [1.54, 1.807) is 11.3 Å². The van der Waals surface area contributed by atoms with Gasteiger partial charge in [-0.15, -0.1) is 11.3 Å². The van der Waals surface area contributed by atoms with Gasteiger partial charge in [-0.05, 0) is 44.2 Å². The molecule has 0 radical (unpaired) electrons. The van der Waals surface area contributed by atoms with Crippen LogP contribution in [-0.2, 0) is 9.53 Å². The van der Waals surface area contributed by atoms with Crippen LogP contribution in [0, 0.1) is 5.92 Å². The minimum Gasteiger partial charge on any atom is -0.376 e. The van der Waals surface area contributed by atoms with Crippen molar-refractivity contribution >= 4 is 38.3 Å². The summed E-state index contributed by atoms with van der Waals surface area (Å²) in [7, 11) is 0. The maximum Gasteiger partial charge on any atom is 0.232 e. The van der Waals surface area contributed by atoms with E-state index in [0.29, 0.717) is 6.54 Å². The number of aromatic nitrogens is 1. The van der Waals surface area contributed by atoms with Crippen molar-refractivity contribution in [3.8, 4) is 11.3 Å². The normalized spacial score (nSPS) is 22.1. The lowest BCUT2D eigenvalue weighted by atomic mass is 9.93. The van der Waals surface area contributed by atoms with Crippen LogP contribution in [0.15, 0.2) is 46.3 Å².